The van der Waals surface area contributed by atoms with Gasteiger partial charge < -0.3 is 53.5 Å². The summed E-state index contributed by atoms with van der Waals surface area (Å²) in [6.07, 6.45) is 7.50. The van der Waals surface area contributed by atoms with Crippen LogP contribution in [0.3, 0.4) is 0 Å². The van der Waals surface area contributed by atoms with Crippen molar-refractivity contribution < 1.29 is 80.9 Å². The third kappa shape index (κ3) is 27.5. The van der Waals surface area contributed by atoms with Crippen molar-refractivity contribution in [1.82, 2.24) is 0 Å². The third-order valence-corrected chi connectivity index (χ3v) is 16.2. The Labute approximate surface area is 484 Å². The molecule has 1 fully saturated rings. The van der Waals surface area contributed by atoms with E-state index in [-0.39, 0.29) is 82.8 Å². The van der Waals surface area contributed by atoms with Crippen molar-refractivity contribution in [2.24, 2.45) is 0 Å². The van der Waals surface area contributed by atoms with Gasteiger partial charge in [0, 0.05) is 24.0 Å². The molecule has 0 spiro atoms. The van der Waals surface area contributed by atoms with Gasteiger partial charge in [-0.25, -0.2) is 0 Å². The number of aliphatic hydroxyl groups is 2. The van der Waals surface area contributed by atoms with E-state index in [2.05, 4.69) is 135 Å². The molecule has 0 heterocycles. The van der Waals surface area contributed by atoms with Gasteiger partial charge in [-0.1, -0.05) is 88.0 Å². The number of benzene rings is 7. The molecule has 7 aromatic carbocycles. The average Bonchev–Trinajstić information content (AvgIpc) is 4.07. The van der Waals surface area contributed by atoms with Crippen molar-refractivity contribution >= 4 is 41.4 Å². The fourth-order valence-corrected chi connectivity index (χ4v) is 12.1. The Balaban J connectivity index is 0.000000741. The number of halogens is 6. The molecule has 8 rings (SSSR count). The summed E-state index contributed by atoms with van der Waals surface area (Å²) in [6, 6.07) is 60.5. The first-order valence-corrected chi connectivity index (χ1v) is 29.7. The average molecular weight is 1220 g/mol. The van der Waals surface area contributed by atoms with Crippen LogP contribution in [0.4, 0.5) is 25.2 Å². The standard InChI is InChI=1S/C44H44O8S3.C9H12.C5H10.2CH3.F6P.Fe/c1-47-31-51-35-7-19-41(20-8-35)55(42-21-9-36(10-22-42)52-32-48-2)44-25-13-38(14-26-44)53-37-11-23-43(24-12-37)54(39-15-3-33(4-16-39)49-29-27-45)40-17-5-34(6-18-40)50-30-28-46;1-8(2)9-6-4-3-5-7-9;1-2-4-5-3-1;;;1-7(2,3,4,5)6;/h3-26,45-46H,27-32H2,1-2H3;3-8H,1-2H3;1-5H2;2*1H3;;/q+2;;;3*-1;+3. The number of rotatable bonds is 21. The smallest absolute Gasteiger partial charge is 0.358 e. The van der Waals surface area contributed by atoms with Crippen molar-refractivity contribution in [3.63, 3.8) is 0 Å². The molecule has 7 aromatic rings. The second-order valence-corrected chi connectivity index (χ2v) is 24.2. The Bertz CT molecular complexity index is 2450. The van der Waals surface area contributed by atoms with Crippen molar-refractivity contribution in [2.45, 2.75) is 91.0 Å². The van der Waals surface area contributed by atoms with Crippen LogP contribution in [0.5, 0.6) is 23.0 Å². The van der Waals surface area contributed by atoms with E-state index in [4.69, 9.17) is 28.4 Å². The minimum atomic E-state index is -10.7. The second-order valence-electron chi connectivity index (χ2n) is 17.1. The van der Waals surface area contributed by atoms with Gasteiger partial charge in [-0.15, -0.1) is 0 Å². The van der Waals surface area contributed by atoms with E-state index in [0.29, 0.717) is 5.92 Å². The molecule has 431 valence electrons. The Morgan fingerprint density at radius 3 is 0.911 bits per heavy atom. The molecule has 1 aliphatic carbocycles. The molecule has 0 aromatic heterocycles. The molecule has 0 atom stereocenters. The van der Waals surface area contributed by atoms with Crippen LogP contribution in [0.1, 0.15) is 57.4 Å². The van der Waals surface area contributed by atoms with E-state index >= 15 is 0 Å². The first-order valence-electron chi connectivity index (χ1n) is 24.4. The number of aliphatic hydroxyl groups excluding tert-OH is 2. The molecule has 0 amide bonds. The first kappa shape index (κ1) is 70.3. The zero-order valence-corrected chi connectivity index (χ0v) is 49.7. The number of methoxy groups -OCH3 is 2. The molecule has 0 unspecified atom stereocenters. The number of hydrogen-bond donors (Lipinski definition) is 2. The summed E-state index contributed by atoms with van der Waals surface area (Å²) >= 11 is 1.73. The zero-order valence-electron chi connectivity index (χ0n) is 45.2. The van der Waals surface area contributed by atoms with Gasteiger partial charge in [0.15, 0.2) is 43.0 Å². The van der Waals surface area contributed by atoms with E-state index in [0.717, 1.165) is 42.6 Å². The first-order chi connectivity index (χ1) is 36.3. The van der Waals surface area contributed by atoms with E-state index in [1.165, 1.54) is 57.2 Å². The normalized spacial score (nSPS) is 12.5. The Morgan fingerprint density at radius 1 is 0.430 bits per heavy atom. The maximum absolute atomic E-state index is 10.7. The summed E-state index contributed by atoms with van der Waals surface area (Å²) in [6.45, 7) is 5.24. The molecular weight excluding hydrogens is 1150 g/mol. The van der Waals surface area contributed by atoms with Crippen LogP contribution < -0.4 is 18.9 Å². The fraction of sp³-hybridized carbons (Fsp3) is 0.267. The van der Waals surface area contributed by atoms with Gasteiger partial charge in [-0.05, 0) is 157 Å². The van der Waals surface area contributed by atoms with E-state index < -0.39 is 18.7 Å². The summed E-state index contributed by atoms with van der Waals surface area (Å²) < 4.78 is 91.9. The van der Waals surface area contributed by atoms with Gasteiger partial charge in [0.1, 0.15) is 36.2 Å². The van der Waals surface area contributed by atoms with Crippen LogP contribution in [-0.2, 0) is 48.3 Å². The minimum absolute atomic E-state index is 0. The van der Waals surface area contributed by atoms with Crippen molar-refractivity contribution in [3.05, 3.63) is 196 Å². The molecule has 79 heavy (non-hydrogen) atoms. The van der Waals surface area contributed by atoms with E-state index in [1.807, 2.05) is 54.6 Å². The number of hydrogen-bond acceptors (Lipinski definition) is 9. The second kappa shape index (κ2) is 34.4. The van der Waals surface area contributed by atoms with Gasteiger partial charge in [-0.2, -0.15) is 0 Å². The molecule has 0 bridgehead atoms. The number of ether oxygens (including phenoxy) is 6. The molecule has 2 N–H and O–H groups in total. The van der Waals surface area contributed by atoms with Crippen LogP contribution in [0.15, 0.2) is 215 Å². The summed E-state index contributed by atoms with van der Waals surface area (Å²) in [7, 11) is -8.20. The largest absolute Gasteiger partial charge is 3.00 e. The third-order valence-electron chi connectivity index (χ3n) is 10.7. The Kier molecular flexibility index (Phi) is 30.6. The predicted octanol–water partition coefficient (Wildman–Crippen LogP) is 17.8. The van der Waals surface area contributed by atoms with Crippen LogP contribution in [-0.4, -0.2) is 64.4 Å². The maximum atomic E-state index is 9.87. The molecule has 1 aliphatic rings. The van der Waals surface area contributed by atoms with Crippen LogP contribution >= 0.6 is 19.6 Å². The van der Waals surface area contributed by atoms with E-state index in [1.54, 1.807) is 26.0 Å². The summed E-state index contributed by atoms with van der Waals surface area (Å²) in [4.78, 5) is 9.26. The summed E-state index contributed by atoms with van der Waals surface area (Å²) in [5.74, 6) is 3.60. The zero-order chi connectivity index (χ0) is 54.9. The van der Waals surface area contributed by atoms with Crippen LogP contribution in [0, 0.1) is 14.9 Å². The molecule has 0 saturated heterocycles. The van der Waals surface area contributed by atoms with Gasteiger partial charge in [0.05, 0.1) is 35.0 Å². The van der Waals surface area contributed by atoms with E-state index in [9.17, 15) is 35.4 Å². The molecule has 19 heteroatoms. The monoisotopic (exact) mass is 1220 g/mol. The van der Waals surface area contributed by atoms with Crippen molar-refractivity contribution in [1.29, 1.82) is 0 Å². The van der Waals surface area contributed by atoms with Gasteiger partial charge in [0.25, 0.3) is 0 Å². The molecule has 0 aliphatic heterocycles. The minimum Gasteiger partial charge on any atom is -0.358 e. The van der Waals surface area contributed by atoms with Crippen molar-refractivity contribution in [3.8, 4) is 23.0 Å². The Hall–Kier alpha value is -4.84. The van der Waals surface area contributed by atoms with Gasteiger partial charge >= 0.3 is 50.1 Å². The SMILES string of the molecule is C1CCCC1.CC(C)c1ccccc1.COCOc1ccc([S+](c2ccc(OCOC)cc2)c2ccc(Sc3ccc([S+](c4ccc(OCCO)cc4)c4ccc(OCCO)cc4)cc3)cc2)cc1.F[P-](F)(F)(F)(F)F.[CH3-].[CH3-].[Fe+3]. The quantitative estimate of drug-likeness (QED) is 0.0182. The topological polar surface area (TPSA) is 95.8 Å². The Morgan fingerprint density at radius 2 is 0.684 bits per heavy atom. The molecule has 1 radical (unpaired) electrons. The van der Waals surface area contributed by atoms with Gasteiger partial charge in [0.2, 0.25) is 0 Å². The van der Waals surface area contributed by atoms with Gasteiger partial charge in [-0.3, -0.25) is 0 Å². The summed E-state index contributed by atoms with van der Waals surface area (Å²) in [5, 5.41) is 18.3. The molecule has 8 nitrogen and oxygen atoms in total. The van der Waals surface area contributed by atoms with Crippen molar-refractivity contribution in [2.75, 3.05) is 54.2 Å². The molecular formula is C60H72F6FeO8PS3+2. The predicted molar refractivity (Wildman–Crippen MR) is 307 cm³/mol. The molecule has 1 saturated carbocycles. The fourth-order valence-electron chi connectivity index (χ4n) is 7.23. The van der Waals surface area contributed by atoms with Crippen LogP contribution in [0.25, 0.3) is 0 Å². The summed E-state index contributed by atoms with van der Waals surface area (Å²) in [5.41, 5.74) is 1.41. The maximum Gasteiger partial charge on any atom is 3.00 e. The van der Waals surface area contributed by atoms with Crippen LogP contribution in [0.2, 0.25) is 0 Å².